The average Bonchev–Trinajstić information content (AvgIpc) is 2.54. The highest BCUT2D eigenvalue weighted by Gasteiger charge is 2.31. The highest BCUT2D eigenvalue weighted by atomic mass is 19.4. The van der Waals surface area contributed by atoms with Crippen LogP contribution in [0.3, 0.4) is 0 Å². The molecule has 0 atom stereocenters. The molecule has 24 heavy (non-hydrogen) atoms. The van der Waals surface area contributed by atoms with Gasteiger partial charge in [-0.1, -0.05) is 12.1 Å². The lowest BCUT2D eigenvalue weighted by Crippen LogP contribution is -2.28. The molecule has 1 aromatic heterocycles. The summed E-state index contributed by atoms with van der Waals surface area (Å²) in [6.45, 7) is 1.70. The van der Waals surface area contributed by atoms with Crippen LogP contribution in [0.1, 0.15) is 24.5 Å². The third kappa shape index (κ3) is 4.14. The summed E-state index contributed by atoms with van der Waals surface area (Å²) >= 11 is 0. The van der Waals surface area contributed by atoms with Crippen molar-refractivity contribution in [3.8, 4) is 17.1 Å². The Hall–Kier alpha value is -2.35. The fourth-order valence-corrected chi connectivity index (χ4v) is 2.78. The van der Waals surface area contributed by atoms with Crippen molar-refractivity contribution in [2.75, 3.05) is 13.1 Å². The van der Waals surface area contributed by atoms with Gasteiger partial charge >= 0.3 is 6.36 Å². The Morgan fingerprint density at radius 1 is 1.17 bits per heavy atom. The van der Waals surface area contributed by atoms with E-state index in [-0.39, 0.29) is 23.1 Å². The molecule has 0 unspecified atom stereocenters. The van der Waals surface area contributed by atoms with Gasteiger partial charge in [0.1, 0.15) is 11.6 Å². The molecule has 0 aliphatic carbocycles. The molecule has 0 spiro atoms. The van der Waals surface area contributed by atoms with Gasteiger partial charge in [0.15, 0.2) is 0 Å². The van der Waals surface area contributed by atoms with Crippen LogP contribution in [-0.4, -0.2) is 29.4 Å². The maximum absolute atomic E-state index is 12.3. The van der Waals surface area contributed by atoms with E-state index in [4.69, 9.17) is 0 Å². The first kappa shape index (κ1) is 16.5. The first-order valence-corrected chi connectivity index (χ1v) is 7.59. The maximum atomic E-state index is 12.3. The van der Waals surface area contributed by atoms with Gasteiger partial charge in [-0.3, -0.25) is 4.79 Å². The number of hydrogen-bond donors (Lipinski definition) is 2. The summed E-state index contributed by atoms with van der Waals surface area (Å²) in [7, 11) is 0. The van der Waals surface area contributed by atoms with Crippen molar-refractivity contribution < 1.29 is 17.9 Å². The van der Waals surface area contributed by atoms with Crippen LogP contribution in [0.2, 0.25) is 0 Å². The maximum Gasteiger partial charge on any atom is 0.573 e. The summed E-state index contributed by atoms with van der Waals surface area (Å²) in [5.74, 6) is 0.0560. The third-order valence-electron chi connectivity index (χ3n) is 3.86. The summed E-state index contributed by atoms with van der Waals surface area (Å²) in [5, 5.41) is 3.24. The second-order valence-corrected chi connectivity index (χ2v) is 5.62. The van der Waals surface area contributed by atoms with Crippen molar-refractivity contribution >= 4 is 0 Å². The normalized spacial score (nSPS) is 16.1. The van der Waals surface area contributed by atoms with Crippen LogP contribution in [0.4, 0.5) is 13.2 Å². The van der Waals surface area contributed by atoms with Crippen LogP contribution >= 0.6 is 0 Å². The molecule has 0 bridgehead atoms. The van der Waals surface area contributed by atoms with Gasteiger partial charge in [-0.2, -0.15) is 0 Å². The van der Waals surface area contributed by atoms with E-state index in [1.165, 1.54) is 24.3 Å². The predicted molar refractivity (Wildman–Crippen MR) is 81.8 cm³/mol. The molecule has 3 rings (SSSR count). The number of aromatic amines is 1. The summed E-state index contributed by atoms with van der Waals surface area (Å²) < 4.78 is 40.9. The number of aromatic nitrogens is 2. The van der Waals surface area contributed by atoms with E-state index in [1.54, 1.807) is 6.07 Å². The molecule has 2 aromatic rings. The number of rotatable bonds is 3. The number of ether oxygens (including phenoxy) is 1. The molecule has 0 radical (unpaired) electrons. The molecule has 1 saturated heterocycles. The van der Waals surface area contributed by atoms with Gasteiger partial charge in [0.25, 0.3) is 5.56 Å². The molecule has 0 amide bonds. The van der Waals surface area contributed by atoms with Gasteiger partial charge in [0.05, 0.1) is 5.69 Å². The van der Waals surface area contributed by atoms with Gasteiger partial charge in [0.2, 0.25) is 0 Å². The van der Waals surface area contributed by atoms with Crippen LogP contribution in [0.15, 0.2) is 35.1 Å². The molecule has 0 saturated carbocycles. The summed E-state index contributed by atoms with van der Waals surface area (Å²) in [6, 6.07) is 6.86. The zero-order chi connectivity index (χ0) is 17.2. The van der Waals surface area contributed by atoms with Crippen molar-refractivity contribution in [1.29, 1.82) is 0 Å². The van der Waals surface area contributed by atoms with E-state index in [0.29, 0.717) is 11.3 Å². The molecule has 2 heterocycles. The van der Waals surface area contributed by atoms with Crippen molar-refractivity contribution in [3.05, 3.63) is 46.4 Å². The van der Waals surface area contributed by atoms with Gasteiger partial charge in [-0.25, -0.2) is 4.98 Å². The first-order chi connectivity index (χ1) is 11.4. The quantitative estimate of drug-likeness (QED) is 0.902. The Balaban J connectivity index is 1.93. The third-order valence-corrected chi connectivity index (χ3v) is 3.86. The van der Waals surface area contributed by atoms with Crippen molar-refractivity contribution in [3.63, 3.8) is 0 Å². The number of nitrogens with zero attached hydrogens (tertiary/aromatic N) is 1. The van der Waals surface area contributed by atoms with Gasteiger partial charge in [-0.15, -0.1) is 13.2 Å². The monoisotopic (exact) mass is 339 g/mol. The SMILES string of the molecule is O=c1cc(C2CCNCC2)nc(-c2cccc(OC(F)(F)F)c2)[nH]1. The summed E-state index contributed by atoms with van der Waals surface area (Å²) in [5.41, 5.74) is 0.706. The second kappa shape index (κ2) is 6.64. The van der Waals surface area contributed by atoms with E-state index < -0.39 is 6.36 Å². The van der Waals surface area contributed by atoms with E-state index in [9.17, 15) is 18.0 Å². The first-order valence-electron chi connectivity index (χ1n) is 7.59. The van der Waals surface area contributed by atoms with Crippen LogP contribution in [0, 0.1) is 0 Å². The molecule has 1 aliphatic rings. The predicted octanol–water partition coefficient (Wildman–Crippen LogP) is 2.80. The molecule has 1 aliphatic heterocycles. The van der Waals surface area contributed by atoms with E-state index in [1.807, 2.05) is 0 Å². The number of nitrogens with one attached hydrogen (secondary N) is 2. The molecule has 5 nitrogen and oxygen atoms in total. The van der Waals surface area contributed by atoms with Crippen molar-refractivity contribution in [1.82, 2.24) is 15.3 Å². The zero-order valence-electron chi connectivity index (χ0n) is 12.7. The zero-order valence-corrected chi connectivity index (χ0v) is 12.7. The minimum absolute atomic E-state index is 0.168. The lowest BCUT2D eigenvalue weighted by atomic mass is 9.94. The Kier molecular flexibility index (Phi) is 4.57. The topological polar surface area (TPSA) is 67.0 Å². The van der Waals surface area contributed by atoms with Crippen molar-refractivity contribution in [2.45, 2.75) is 25.1 Å². The van der Waals surface area contributed by atoms with Crippen LogP contribution in [-0.2, 0) is 0 Å². The molecule has 1 aromatic carbocycles. The molecule has 1 fully saturated rings. The Morgan fingerprint density at radius 3 is 2.62 bits per heavy atom. The van der Waals surface area contributed by atoms with Crippen LogP contribution in [0.25, 0.3) is 11.4 Å². The highest BCUT2D eigenvalue weighted by molar-refractivity contribution is 5.57. The van der Waals surface area contributed by atoms with E-state index >= 15 is 0 Å². The van der Waals surface area contributed by atoms with Gasteiger partial charge in [0, 0.05) is 17.5 Å². The molecule has 8 heteroatoms. The Labute approximate surface area is 135 Å². The number of H-pyrrole nitrogens is 1. The Morgan fingerprint density at radius 2 is 1.92 bits per heavy atom. The van der Waals surface area contributed by atoms with Crippen LogP contribution < -0.4 is 15.6 Å². The minimum Gasteiger partial charge on any atom is -0.406 e. The summed E-state index contributed by atoms with van der Waals surface area (Å²) in [4.78, 5) is 18.9. The van der Waals surface area contributed by atoms with Gasteiger partial charge in [-0.05, 0) is 38.1 Å². The largest absolute Gasteiger partial charge is 0.573 e. The number of piperidine rings is 1. The number of benzene rings is 1. The lowest BCUT2D eigenvalue weighted by Gasteiger charge is -2.22. The standard InChI is InChI=1S/C16H16F3N3O2/c17-16(18,19)24-12-3-1-2-11(8-12)15-21-13(9-14(23)22-15)10-4-6-20-7-5-10/h1-3,8-10,20H,4-7H2,(H,21,22,23). The van der Waals surface area contributed by atoms with Gasteiger partial charge < -0.3 is 15.0 Å². The number of alkyl halides is 3. The fourth-order valence-electron chi connectivity index (χ4n) is 2.78. The van der Waals surface area contributed by atoms with E-state index in [2.05, 4.69) is 20.0 Å². The smallest absolute Gasteiger partial charge is 0.406 e. The van der Waals surface area contributed by atoms with Crippen LogP contribution in [0.5, 0.6) is 5.75 Å². The minimum atomic E-state index is -4.77. The lowest BCUT2D eigenvalue weighted by molar-refractivity contribution is -0.274. The number of hydrogen-bond acceptors (Lipinski definition) is 4. The molecule has 2 N–H and O–H groups in total. The van der Waals surface area contributed by atoms with Crippen molar-refractivity contribution in [2.24, 2.45) is 0 Å². The second-order valence-electron chi connectivity index (χ2n) is 5.62. The average molecular weight is 339 g/mol. The summed E-state index contributed by atoms with van der Waals surface area (Å²) in [6.07, 6.45) is -3.03. The highest BCUT2D eigenvalue weighted by Crippen LogP contribution is 2.28. The molecular weight excluding hydrogens is 323 g/mol. The Bertz CT molecular complexity index is 768. The molecular formula is C16H16F3N3O2. The number of halogens is 3. The fraction of sp³-hybridized carbons (Fsp3) is 0.375. The molecule has 128 valence electrons. The van der Waals surface area contributed by atoms with E-state index in [0.717, 1.165) is 25.9 Å².